The molecule has 0 unspecified atom stereocenters. The normalized spacial score (nSPS) is 14.3. The number of piperazine rings is 1. The summed E-state index contributed by atoms with van der Waals surface area (Å²) in [5.41, 5.74) is 3.28. The van der Waals surface area contributed by atoms with Crippen LogP contribution in [0.5, 0.6) is 0 Å². The van der Waals surface area contributed by atoms with Gasteiger partial charge in [0, 0.05) is 55.8 Å². The summed E-state index contributed by atoms with van der Waals surface area (Å²) in [5, 5.41) is 6.90. The van der Waals surface area contributed by atoms with Crippen LogP contribution in [0.3, 0.4) is 0 Å². The van der Waals surface area contributed by atoms with Crippen LogP contribution in [0, 0.1) is 0 Å². The second kappa shape index (κ2) is 10.4. The maximum atomic E-state index is 11.9. The van der Waals surface area contributed by atoms with E-state index in [4.69, 9.17) is 4.98 Å². The number of carbonyl (C=O) groups excluding carboxylic acids is 1. The average molecular weight is 482 g/mol. The van der Waals surface area contributed by atoms with Gasteiger partial charge in [0.15, 0.2) is 0 Å². The van der Waals surface area contributed by atoms with Gasteiger partial charge in [-0.3, -0.25) is 14.8 Å². The molecule has 0 atom stereocenters. The third-order valence-electron chi connectivity index (χ3n) is 5.92. The molecule has 1 aliphatic rings. The summed E-state index contributed by atoms with van der Waals surface area (Å²) in [4.78, 5) is 39.3. The van der Waals surface area contributed by atoms with E-state index in [-0.39, 0.29) is 5.91 Å². The number of nitrogens with one attached hydrogen (secondary N) is 2. The molecule has 1 saturated heterocycles. The number of nitrogens with zero attached hydrogens (tertiary/aromatic N) is 7. The lowest BCUT2D eigenvalue weighted by Gasteiger charge is -2.33. The van der Waals surface area contributed by atoms with Crippen molar-refractivity contribution in [1.82, 2.24) is 29.8 Å². The average Bonchev–Trinajstić information content (AvgIpc) is 2.89. The SMILES string of the molecule is C/C=C\C(=O)Nc1ccnc(-c2nccc3cnc(Nc4ccc(N5CCN(C)CC5)nc4)nc23)c1. The van der Waals surface area contributed by atoms with E-state index >= 15 is 0 Å². The van der Waals surface area contributed by atoms with E-state index in [0.29, 0.717) is 28.5 Å². The van der Waals surface area contributed by atoms with Crippen molar-refractivity contribution in [2.45, 2.75) is 6.92 Å². The lowest BCUT2D eigenvalue weighted by molar-refractivity contribution is -0.111. The summed E-state index contributed by atoms with van der Waals surface area (Å²) in [7, 11) is 2.14. The summed E-state index contributed by atoms with van der Waals surface area (Å²) < 4.78 is 0. The fourth-order valence-corrected chi connectivity index (χ4v) is 3.99. The molecule has 1 fully saturated rings. The fraction of sp³-hybridized carbons (Fsp3) is 0.231. The minimum absolute atomic E-state index is 0.207. The minimum atomic E-state index is -0.207. The van der Waals surface area contributed by atoms with E-state index in [9.17, 15) is 4.79 Å². The molecule has 2 N–H and O–H groups in total. The Labute approximate surface area is 209 Å². The van der Waals surface area contributed by atoms with Crippen LogP contribution in [0.2, 0.25) is 0 Å². The van der Waals surface area contributed by atoms with Crippen molar-refractivity contribution in [3.05, 3.63) is 67.3 Å². The van der Waals surface area contributed by atoms with Gasteiger partial charge >= 0.3 is 0 Å². The van der Waals surface area contributed by atoms with Gasteiger partial charge in [0.1, 0.15) is 17.0 Å². The standard InChI is InChI=1S/C26H27N9O/c1-3-4-23(36)31-19-8-10-27-21(15-19)25-24-18(7-9-28-25)16-30-26(33-24)32-20-5-6-22(29-17-20)35-13-11-34(2)12-14-35/h3-10,15-17H,11-14H2,1-2H3,(H,27,31,36)(H,30,32,33)/b4-3-. The zero-order valence-corrected chi connectivity index (χ0v) is 20.2. The highest BCUT2D eigenvalue weighted by molar-refractivity contribution is 5.99. The number of pyridine rings is 3. The molecule has 1 aliphatic heterocycles. The number of anilines is 4. The summed E-state index contributed by atoms with van der Waals surface area (Å²) in [6.45, 7) is 5.79. The zero-order chi connectivity index (χ0) is 24.9. The van der Waals surface area contributed by atoms with Crippen molar-refractivity contribution in [2.75, 3.05) is 48.8 Å². The molecule has 1 amide bonds. The Morgan fingerprint density at radius 3 is 2.56 bits per heavy atom. The van der Waals surface area contributed by atoms with Crippen molar-refractivity contribution in [3.63, 3.8) is 0 Å². The van der Waals surface area contributed by atoms with Crippen LogP contribution in [-0.2, 0) is 4.79 Å². The molecule has 0 saturated carbocycles. The van der Waals surface area contributed by atoms with Gasteiger partial charge in [-0.1, -0.05) is 6.08 Å². The largest absolute Gasteiger partial charge is 0.354 e. The van der Waals surface area contributed by atoms with E-state index in [0.717, 1.165) is 43.1 Å². The smallest absolute Gasteiger partial charge is 0.248 e. The van der Waals surface area contributed by atoms with Crippen molar-refractivity contribution in [3.8, 4) is 11.4 Å². The molecule has 10 heteroatoms. The van der Waals surface area contributed by atoms with Gasteiger partial charge in [-0.2, -0.15) is 0 Å². The van der Waals surface area contributed by atoms with Gasteiger partial charge in [-0.05, 0) is 50.4 Å². The molecule has 4 aromatic rings. The minimum Gasteiger partial charge on any atom is -0.354 e. The topological polar surface area (TPSA) is 112 Å². The predicted octanol–water partition coefficient (Wildman–Crippen LogP) is 3.49. The third-order valence-corrected chi connectivity index (χ3v) is 5.92. The number of fused-ring (bicyclic) bond motifs is 1. The first kappa shape index (κ1) is 23.3. The highest BCUT2D eigenvalue weighted by Crippen LogP contribution is 2.26. The Hall–Kier alpha value is -4.44. The molecular formula is C26H27N9O. The molecule has 0 aromatic carbocycles. The van der Waals surface area contributed by atoms with Gasteiger partial charge in [0.2, 0.25) is 11.9 Å². The van der Waals surface area contributed by atoms with Gasteiger partial charge in [0.05, 0.1) is 17.6 Å². The van der Waals surface area contributed by atoms with Crippen LogP contribution < -0.4 is 15.5 Å². The molecule has 5 rings (SSSR count). The Balaban J connectivity index is 1.38. The summed E-state index contributed by atoms with van der Waals surface area (Å²) >= 11 is 0. The van der Waals surface area contributed by atoms with E-state index in [1.165, 1.54) is 6.08 Å². The molecule has 0 bridgehead atoms. The van der Waals surface area contributed by atoms with Crippen molar-refractivity contribution in [1.29, 1.82) is 0 Å². The van der Waals surface area contributed by atoms with Crippen molar-refractivity contribution >= 4 is 40.0 Å². The first-order chi connectivity index (χ1) is 17.6. The Morgan fingerprint density at radius 2 is 1.78 bits per heavy atom. The van der Waals surface area contributed by atoms with Crippen LogP contribution in [0.1, 0.15) is 6.92 Å². The van der Waals surface area contributed by atoms with E-state index in [1.54, 1.807) is 49.9 Å². The van der Waals surface area contributed by atoms with E-state index in [2.05, 4.69) is 47.4 Å². The first-order valence-electron chi connectivity index (χ1n) is 11.8. The molecule has 5 heterocycles. The number of hydrogen-bond acceptors (Lipinski definition) is 9. The van der Waals surface area contributed by atoms with Crippen LogP contribution in [0.25, 0.3) is 22.3 Å². The van der Waals surface area contributed by atoms with Gasteiger partial charge in [-0.15, -0.1) is 0 Å². The number of carbonyl (C=O) groups is 1. The number of allylic oxidation sites excluding steroid dienone is 1. The predicted molar refractivity (Wildman–Crippen MR) is 141 cm³/mol. The van der Waals surface area contributed by atoms with E-state index < -0.39 is 0 Å². The molecular weight excluding hydrogens is 454 g/mol. The second-order valence-corrected chi connectivity index (χ2v) is 8.53. The summed E-state index contributed by atoms with van der Waals surface area (Å²) in [5.74, 6) is 1.19. The zero-order valence-electron chi connectivity index (χ0n) is 20.2. The van der Waals surface area contributed by atoms with Gasteiger partial charge in [0.25, 0.3) is 0 Å². The Bertz CT molecular complexity index is 1400. The lowest BCUT2D eigenvalue weighted by atomic mass is 10.1. The maximum absolute atomic E-state index is 11.9. The molecule has 4 aromatic heterocycles. The molecule has 10 nitrogen and oxygen atoms in total. The van der Waals surface area contributed by atoms with E-state index in [1.807, 2.05) is 18.2 Å². The quantitative estimate of drug-likeness (QED) is 0.400. The molecule has 182 valence electrons. The number of rotatable bonds is 6. The number of amides is 1. The van der Waals surface area contributed by atoms with Crippen LogP contribution >= 0.6 is 0 Å². The monoisotopic (exact) mass is 481 g/mol. The number of hydrogen-bond donors (Lipinski definition) is 2. The van der Waals surface area contributed by atoms with Crippen molar-refractivity contribution < 1.29 is 4.79 Å². The van der Waals surface area contributed by atoms with Gasteiger partial charge in [-0.25, -0.2) is 15.0 Å². The Kier molecular flexibility index (Phi) is 6.76. The molecule has 0 radical (unpaired) electrons. The fourth-order valence-electron chi connectivity index (χ4n) is 3.99. The maximum Gasteiger partial charge on any atom is 0.248 e. The number of aromatic nitrogens is 5. The third kappa shape index (κ3) is 5.28. The summed E-state index contributed by atoms with van der Waals surface area (Å²) in [6.07, 6.45) is 10.0. The number of likely N-dealkylation sites (N-methyl/N-ethyl adjacent to an activating group) is 1. The molecule has 36 heavy (non-hydrogen) atoms. The van der Waals surface area contributed by atoms with Crippen LogP contribution in [-0.4, -0.2) is 69.0 Å². The van der Waals surface area contributed by atoms with Gasteiger partial charge < -0.3 is 20.4 Å². The first-order valence-corrected chi connectivity index (χ1v) is 11.8. The van der Waals surface area contributed by atoms with Crippen LogP contribution in [0.4, 0.5) is 23.1 Å². The lowest BCUT2D eigenvalue weighted by Crippen LogP contribution is -2.44. The van der Waals surface area contributed by atoms with Crippen molar-refractivity contribution in [2.24, 2.45) is 0 Å². The molecule has 0 aliphatic carbocycles. The Morgan fingerprint density at radius 1 is 0.944 bits per heavy atom. The van der Waals surface area contributed by atoms with Crippen LogP contribution in [0.15, 0.2) is 67.3 Å². The highest BCUT2D eigenvalue weighted by Gasteiger charge is 2.15. The molecule has 0 spiro atoms. The second-order valence-electron chi connectivity index (χ2n) is 8.53. The summed E-state index contributed by atoms with van der Waals surface area (Å²) in [6, 6.07) is 9.36. The highest BCUT2D eigenvalue weighted by atomic mass is 16.1.